The van der Waals surface area contributed by atoms with Gasteiger partial charge in [-0.05, 0) is 29.5 Å². The third-order valence-electron chi connectivity index (χ3n) is 3.89. The van der Waals surface area contributed by atoms with Crippen LogP contribution in [0.4, 0.5) is 0 Å². The standard InChI is InChI=1S/C17H18N2O/c18-16(13-7-2-1-3-8-13)17(20)19-15-11-10-12-6-4-5-9-14(12)15/h1-9,15-16H,10-11,18H2,(H,19,20)/t15?,16-/m1/s1. The largest absolute Gasteiger partial charge is 0.348 e. The van der Waals surface area contributed by atoms with Crippen LogP contribution in [-0.4, -0.2) is 5.91 Å². The first-order valence-corrected chi connectivity index (χ1v) is 6.94. The monoisotopic (exact) mass is 266 g/mol. The molecule has 1 aliphatic carbocycles. The van der Waals surface area contributed by atoms with Crippen LogP contribution >= 0.6 is 0 Å². The molecule has 1 amide bonds. The van der Waals surface area contributed by atoms with Crippen molar-refractivity contribution in [2.45, 2.75) is 24.9 Å². The Balaban J connectivity index is 1.72. The van der Waals surface area contributed by atoms with E-state index in [1.807, 2.05) is 42.5 Å². The van der Waals surface area contributed by atoms with Gasteiger partial charge in [0.1, 0.15) is 6.04 Å². The van der Waals surface area contributed by atoms with Crippen molar-refractivity contribution in [3.8, 4) is 0 Å². The number of amides is 1. The highest BCUT2D eigenvalue weighted by atomic mass is 16.2. The van der Waals surface area contributed by atoms with Crippen molar-refractivity contribution >= 4 is 5.91 Å². The van der Waals surface area contributed by atoms with E-state index in [0.717, 1.165) is 18.4 Å². The number of benzene rings is 2. The fourth-order valence-electron chi connectivity index (χ4n) is 2.78. The van der Waals surface area contributed by atoms with E-state index in [2.05, 4.69) is 17.4 Å². The van der Waals surface area contributed by atoms with Crippen LogP contribution < -0.4 is 11.1 Å². The van der Waals surface area contributed by atoms with E-state index in [1.165, 1.54) is 11.1 Å². The van der Waals surface area contributed by atoms with Crippen molar-refractivity contribution < 1.29 is 4.79 Å². The van der Waals surface area contributed by atoms with Gasteiger partial charge in [0.05, 0.1) is 6.04 Å². The molecule has 3 heteroatoms. The van der Waals surface area contributed by atoms with E-state index < -0.39 is 6.04 Å². The second-order valence-corrected chi connectivity index (χ2v) is 5.19. The summed E-state index contributed by atoms with van der Waals surface area (Å²) in [6.07, 6.45) is 1.97. The number of nitrogens with two attached hydrogens (primary N) is 1. The summed E-state index contributed by atoms with van der Waals surface area (Å²) in [6, 6.07) is 17.2. The lowest BCUT2D eigenvalue weighted by atomic mass is 10.1. The zero-order valence-corrected chi connectivity index (χ0v) is 11.3. The third kappa shape index (κ3) is 2.45. The van der Waals surface area contributed by atoms with Gasteiger partial charge in [-0.2, -0.15) is 0 Å². The van der Waals surface area contributed by atoms with Crippen LogP contribution in [-0.2, 0) is 11.2 Å². The number of hydrogen-bond donors (Lipinski definition) is 2. The van der Waals surface area contributed by atoms with Gasteiger partial charge in [0.2, 0.25) is 5.91 Å². The number of rotatable bonds is 3. The van der Waals surface area contributed by atoms with Crippen LogP contribution in [0.2, 0.25) is 0 Å². The molecular formula is C17H18N2O. The van der Waals surface area contributed by atoms with E-state index in [9.17, 15) is 4.79 Å². The summed E-state index contributed by atoms with van der Waals surface area (Å²) in [4.78, 5) is 12.3. The van der Waals surface area contributed by atoms with Gasteiger partial charge in [0, 0.05) is 0 Å². The number of carbonyl (C=O) groups is 1. The summed E-state index contributed by atoms with van der Waals surface area (Å²) < 4.78 is 0. The molecule has 0 fully saturated rings. The van der Waals surface area contributed by atoms with Crippen molar-refractivity contribution in [3.63, 3.8) is 0 Å². The Labute approximate surface area is 118 Å². The Kier molecular flexibility index (Phi) is 3.52. The molecule has 1 aliphatic rings. The molecule has 20 heavy (non-hydrogen) atoms. The maximum absolute atomic E-state index is 12.3. The summed E-state index contributed by atoms with van der Waals surface area (Å²) >= 11 is 0. The summed E-state index contributed by atoms with van der Waals surface area (Å²) in [5.41, 5.74) is 9.42. The van der Waals surface area contributed by atoms with Crippen molar-refractivity contribution in [1.82, 2.24) is 5.32 Å². The summed E-state index contributed by atoms with van der Waals surface area (Å²) in [5.74, 6) is -0.113. The normalized spacial score (nSPS) is 18.4. The molecule has 102 valence electrons. The number of nitrogens with one attached hydrogen (secondary N) is 1. The Morgan fingerprint density at radius 1 is 1.10 bits per heavy atom. The summed E-state index contributed by atoms with van der Waals surface area (Å²) in [5, 5.41) is 3.07. The Morgan fingerprint density at radius 2 is 1.80 bits per heavy atom. The maximum Gasteiger partial charge on any atom is 0.241 e. The summed E-state index contributed by atoms with van der Waals surface area (Å²) in [6.45, 7) is 0. The minimum absolute atomic E-state index is 0.0912. The Morgan fingerprint density at radius 3 is 2.60 bits per heavy atom. The van der Waals surface area contributed by atoms with Gasteiger partial charge in [0.25, 0.3) is 0 Å². The number of carbonyl (C=O) groups excluding carboxylic acids is 1. The average molecular weight is 266 g/mol. The van der Waals surface area contributed by atoms with Gasteiger partial charge in [-0.15, -0.1) is 0 Å². The molecule has 2 aromatic rings. The van der Waals surface area contributed by atoms with Crippen molar-refractivity contribution in [1.29, 1.82) is 0 Å². The zero-order chi connectivity index (χ0) is 13.9. The highest BCUT2D eigenvalue weighted by Crippen LogP contribution is 2.31. The van der Waals surface area contributed by atoms with Crippen molar-refractivity contribution in [2.75, 3.05) is 0 Å². The molecule has 0 saturated heterocycles. The second kappa shape index (κ2) is 5.47. The lowest BCUT2D eigenvalue weighted by molar-refractivity contribution is -0.123. The first kappa shape index (κ1) is 12.9. The number of hydrogen-bond acceptors (Lipinski definition) is 2. The highest BCUT2D eigenvalue weighted by Gasteiger charge is 2.25. The van der Waals surface area contributed by atoms with Crippen molar-refractivity contribution in [3.05, 3.63) is 71.3 Å². The van der Waals surface area contributed by atoms with E-state index in [0.29, 0.717) is 0 Å². The second-order valence-electron chi connectivity index (χ2n) is 5.19. The maximum atomic E-state index is 12.3. The van der Waals surface area contributed by atoms with Crippen LogP contribution in [0.3, 0.4) is 0 Å². The SMILES string of the molecule is N[C@@H](C(=O)NC1CCc2ccccc21)c1ccccc1. The van der Waals surface area contributed by atoms with Gasteiger partial charge in [-0.25, -0.2) is 0 Å². The predicted molar refractivity (Wildman–Crippen MR) is 79.0 cm³/mol. The van der Waals surface area contributed by atoms with Gasteiger partial charge in [-0.1, -0.05) is 54.6 Å². The molecule has 2 aromatic carbocycles. The van der Waals surface area contributed by atoms with Crippen LogP contribution in [0, 0.1) is 0 Å². The molecule has 1 unspecified atom stereocenters. The summed E-state index contributed by atoms with van der Waals surface area (Å²) in [7, 11) is 0. The topological polar surface area (TPSA) is 55.1 Å². The molecule has 3 nitrogen and oxygen atoms in total. The molecule has 0 heterocycles. The molecule has 3 N–H and O–H groups in total. The van der Waals surface area contributed by atoms with Crippen LogP contribution in [0.15, 0.2) is 54.6 Å². The van der Waals surface area contributed by atoms with Crippen molar-refractivity contribution in [2.24, 2.45) is 5.73 Å². The molecule has 0 bridgehead atoms. The van der Waals surface area contributed by atoms with E-state index >= 15 is 0 Å². The number of fused-ring (bicyclic) bond motifs is 1. The van der Waals surface area contributed by atoms with Crippen LogP contribution in [0.25, 0.3) is 0 Å². The van der Waals surface area contributed by atoms with E-state index in [1.54, 1.807) is 0 Å². The molecular weight excluding hydrogens is 248 g/mol. The first-order chi connectivity index (χ1) is 9.75. The lowest BCUT2D eigenvalue weighted by Gasteiger charge is -2.18. The van der Waals surface area contributed by atoms with E-state index in [4.69, 9.17) is 5.73 Å². The van der Waals surface area contributed by atoms with Crippen LogP contribution in [0.1, 0.15) is 35.2 Å². The molecule has 0 aromatic heterocycles. The molecule has 0 spiro atoms. The molecule has 0 aliphatic heterocycles. The molecule has 3 rings (SSSR count). The quantitative estimate of drug-likeness (QED) is 0.896. The first-order valence-electron chi connectivity index (χ1n) is 6.94. The third-order valence-corrected chi connectivity index (χ3v) is 3.89. The predicted octanol–water partition coefficient (Wildman–Crippen LogP) is 2.49. The van der Waals surface area contributed by atoms with Gasteiger partial charge in [-0.3, -0.25) is 4.79 Å². The lowest BCUT2D eigenvalue weighted by Crippen LogP contribution is -2.35. The average Bonchev–Trinajstić information content (AvgIpc) is 2.91. The highest BCUT2D eigenvalue weighted by molar-refractivity contribution is 5.83. The van der Waals surface area contributed by atoms with E-state index in [-0.39, 0.29) is 11.9 Å². The fraction of sp³-hybridized carbons (Fsp3) is 0.235. The zero-order valence-electron chi connectivity index (χ0n) is 11.3. The molecule has 2 atom stereocenters. The molecule has 0 saturated carbocycles. The Hall–Kier alpha value is -2.13. The van der Waals surface area contributed by atoms with Crippen LogP contribution in [0.5, 0.6) is 0 Å². The molecule has 0 radical (unpaired) electrons. The van der Waals surface area contributed by atoms with Gasteiger partial charge < -0.3 is 11.1 Å². The minimum atomic E-state index is -0.607. The van der Waals surface area contributed by atoms with Gasteiger partial charge in [0.15, 0.2) is 0 Å². The minimum Gasteiger partial charge on any atom is -0.348 e. The van der Waals surface area contributed by atoms with Gasteiger partial charge >= 0.3 is 0 Å². The number of aryl methyl sites for hydroxylation is 1. The Bertz CT molecular complexity index is 609. The fourth-order valence-corrected chi connectivity index (χ4v) is 2.78. The smallest absolute Gasteiger partial charge is 0.241 e.